The van der Waals surface area contributed by atoms with Gasteiger partial charge in [0.15, 0.2) is 0 Å². The SMILES string of the molecule is Cn1ccc(-c2nc(-c3cccnc3)no2)c1. The minimum Gasteiger partial charge on any atom is -0.356 e. The number of rotatable bonds is 2. The molecule has 5 nitrogen and oxygen atoms in total. The Labute approximate surface area is 97.7 Å². The second-order valence-electron chi connectivity index (χ2n) is 3.73. The van der Waals surface area contributed by atoms with Gasteiger partial charge >= 0.3 is 0 Å². The fourth-order valence-corrected chi connectivity index (χ4v) is 1.58. The minimum atomic E-state index is 0.518. The minimum absolute atomic E-state index is 0.518. The van der Waals surface area contributed by atoms with Crippen LogP contribution in [0.2, 0.25) is 0 Å². The Kier molecular flexibility index (Phi) is 2.22. The molecule has 0 unspecified atom stereocenters. The van der Waals surface area contributed by atoms with Gasteiger partial charge in [0.2, 0.25) is 5.82 Å². The van der Waals surface area contributed by atoms with E-state index in [1.165, 1.54) is 0 Å². The Bertz CT molecular complexity index is 627. The van der Waals surface area contributed by atoms with Gasteiger partial charge in [0.1, 0.15) is 0 Å². The third-order valence-corrected chi connectivity index (χ3v) is 2.42. The average Bonchev–Trinajstić information content (AvgIpc) is 2.98. The van der Waals surface area contributed by atoms with Gasteiger partial charge in [0.25, 0.3) is 5.89 Å². The predicted octanol–water partition coefficient (Wildman–Crippen LogP) is 2.14. The Hall–Kier alpha value is -2.43. The normalized spacial score (nSPS) is 10.6. The second-order valence-corrected chi connectivity index (χ2v) is 3.73. The van der Waals surface area contributed by atoms with Gasteiger partial charge in [0.05, 0.1) is 5.56 Å². The van der Waals surface area contributed by atoms with Gasteiger partial charge in [-0.1, -0.05) is 5.16 Å². The van der Waals surface area contributed by atoms with E-state index in [2.05, 4.69) is 15.1 Å². The molecule has 17 heavy (non-hydrogen) atoms. The van der Waals surface area contributed by atoms with E-state index in [1.807, 2.05) is 42.2 Å². The number of aryl methyl sites for hydroxylation is 1. The van der Waals surface area contributed by atoms with Crippen molar-refractivity contribution < 1.29 is 4.52 Å². The molecule has 0 radical (unpaired) electrons. The molecule has 0 atom stereocenters. The lowest BCUT2D eigenvalue weighted by atomic mass is 10.3. The molecule has 3 heterocycles. The third kappa shape index (κ3) is 1.82. The first kappa shape index (κ1) is 9.77. The van der Waals surface area contributed by atoms with E-state index in [0.29, 0.717) is 11.7 Å². The lowest BCUT2D eigenvalue weighted by Crippen LogP contribution is -1.81. The number of pyridine rings is 1. The van der Waals surface area contributed by atoms with Crippen molar-refractivity contribution in [3.63, 3.8) is 0 Å². The van der Waals surface area contributed by atoms with Gasteiger partial charge in [-0.2, -0.15) is 4.98 Å². The van der Waals surface area contributed by atoms with Crippen LogP contribution in [0.4, 0.5) is 0 Å². The molecule has 0 fully saturated rings. The monoisotopic (exact) mass is 226 g/mol. The van der Waals surface area contributed by atoms with Crippen LogP contribution >= 0.6 is 0 Å². The maximum Gasteiger partial charge on any atom is 0.259 e. The maximum atomic E-state index is 5.22. The average molecular weight is 226 g/mol. The zero-order chi connectivity index (χ0) is 11.7. The van der Waals surface area contributed by atoms with Crippen LogP contribution in [0.15, 0.2) is 47.5 Å². The quantitative estimate of drug-likeness (QED) is 0.671. The third-order valence-electron chi connectivity index (χ3n) is 2.42. The van der Waals surface area contributed by atoms with E-state index in [9.17, 15) is 0 Å². The van der Waals surface area contributed by atoms with Crippen molar-refractivity contribution >= 4 is 0 Å². The van der Waals surface area contributed by atoms with E-state index < -0.39 is 0 Å². The van der Waals surface area contributed by atoms with Gasteiger partial charge in [-0.15, -0.1) is 0 Å². The molecule has 0 N–H and O–H groups in total. The van der Waals surface area contributed by atoms with Crippen LogP contribution in [-0.4, -0.2) is 19.7 Å². The molecular weight excluding hydrogens is 216 g/mol. The molecule has 0 aliphatic heterocycles. The fraction of sp³-hybridized carbons (Fsp3) is 0.0833. The summed E-state index contributed by atoms with van der Waals surface area (Å²) >= 11 is 0. The molecule has 0 saturated heterocycles. The molecule has 0 aliphatic carbocycles. The van der Waals surface area contributed by atoms with Gasteiger partial charge < -0.3 is 9.09 Å². The Morgan fingerprint density at radius 3 is 2.88 bits per heavy atom. The van der Waals surface area contributed by atoms with Gasteiger partial charge in [-0.3, -0.25) is 4.98 Å². The zero-order valence-electron chi connectivity index (χ0n) is 9.24. The Morgan fingerprint density at radius 2 is 2.18 bits per heavy atom. The van der Waals surface area contributed by atoms with Crippen LogP contribution in [0.25, 0.3) is 22.8 Å². The van der Waals surface area contributed by atoms with Crippen molar-refractivity contribution in [1.82, 2.24) is 19.7 Å². The number of hydrogen-bond acceptors (Lipinski definition) is 4. The highest BCUT2D eigenvalue weighted by Gasteiger charge is 2.10. The topological polar surface area (TPSA) is 56.7 Å². The highest BCUT2D eigenvalue weighted by atomic mass is 16.5. The summed E-state index contributed by atoms with van der Waals surface area (Å²) < 4.78 is 7.15. The molecule has 5 heteroatoms. The highest BCUT2D eigenvalue weighted by Crippen LogP contribution is 2.21. The van der Waals surface area contributed by atoms with Gasteiger partial charge in [0, 0.05) is 37.4 Å². The van der Waals surface area contributed by atoms with Crippen molar-refractivity contribution in [3.05, 3.63) is 43.0 Å². The molecule has 3 aromatic rings. The number of hydrogen-bond donors (Lipinski definition) is 0. The van der Waals surface area contributed by atoms with E-state index in [0.717, 1.165) is 11.1 Å². The molecule has 3 aromatic heterocycles. The molecular formula is C12H10N4O. The van der Waals surface area contributed by atoms with Crippen molar-refractivity contribution in [2.24, 2.45) is 7.05 Å². The number of nitrogens with zero attached hydrogens (tertiary/aromatic N) is 4. The zero-order valence-corrected chi connectivity index (χ0v) is 9.24. The van der Waals surface area contributed by atoms with Crippen LogP contribution < -0.4 is 0 Å². The summed E-state index contributed by atoms with van der Waals surface area (Å²) in [6.07, 6.45) is 7.28. The standard InChI is InChI=1S/C12H10N4O/c1-16-6-4-10(8-16)12-14-11(15-17-12)9-3-2-5-13-7-9/h2-8H,1H3. The van der Waals surface area contributed by atoms with Gasteiger partial charge in [-0.25, -0.2) is 0 Å². The summed E-state index contributed by atoms with van der Waals surface area (Å²) in [5.74, 6) is 1.07. The summed E-state index contributed by atoms with van der Waals surface area (Å²) in [6.45, 7) is 0. The first-order chi connectivity index (χ1) is 8.33. The van der Waals surface area contributed by atoms with E-state index >= 15 is 0 Å². The lowest BCUT2D eigenvalue weighted by molar-refractivity contribution is 0.432. The first-order valence-corrected chi connectivity index (χ1v) is 5.19. The summed E-state index contributed by atoms with van der Waals surface area (Å²) in [7, 11) is 1.95. The molecule has 0 aliphatic rings. The molecule has 0 spiro atoms. The molecule has 0 saturated carbocycles. The van der Waals surface area contributed by atoms with Crippen molar-refractivity contribution in [1.29, 1.82) is 0 Å². The summed E-state index contributed by atoms with van der Waals surface area (Å²) in [5.41, 5.74) is 1.76. The molecule has 0 amide bonds. The van der Waals surface area contributed by atoms with Crippen LogP contribution in [0, 0.1) is 0 Å². The van der Waals surface area contributed by atoms with Crippen molar-refractivity contribution in [2.75, 3.05) is 0 Å². The van der Waals surface area contributed by atoms with Gasteiger partial charge in [-0.05, 0) is 18.2 Å². The van der Waals surface area contributed by atoms with Crippen LogP contribution in [0.3, 0.4) is 0 Å². The van der Waals surface area contributed by atoms with Crippen LogP contribution in [-0.2, 0) is 7.05 Å². The van der Waals surface area contributed by atoms with Crippen molar-refractivity contribution in [3.8, 4) is 22.8 Å². The highest BCUT2D eigenvalue weighted by molar-refractivity contribution is 5.58. The van der Waals surface area contributed by atoms with Crippen LogP contribution in [0.5, 0.6) is 0 Å². The second kappa shape index (κ2) is 3.86. The Morgan fingerprint density at radius 1 is 1.24 bits per heavy atom. The maximum absolute atomic E-state index is 5.22. The number of aromatic nitrogens is 4. The molecule has 0 aromatic carbocycles. The van der Waals surface area contributed by atoms with E-state index in [4.69, 9.17) is 4.52 Å². The Balaban J connectivity index is 1.99. The smallest absolute Gasteiger partial charge is 0.259 e. The summed E-state index contributed by atoms with van der Waals surface area (Å²) in [6, 6.07) is 5.67. The van der Waals surface area contributed by atoms with E-state index in [1.54, 1.807) is 12.4 Å². The van der Waals surface area contributed by atoms with Crippen molar-refractivity contribution in [2.45, 2.75) is 0 Å². The predicted molar refractivity (Wildman–Crippen MR) is 61.9 cm³/mol. The van der Waals surface area contributed by atoms with Crippen LogP contribution in [0.1, 0.15) is 0 Å². The summed E-state index contributed by atoms with van der Waals surface area (Å²) in [4.78, 5) is 8.35. The van der Waals surface area contributed by atoms with E-state index in [-0.39, 0.29) is 0 Å². The first-order valence-electron chi connectivity index (χ1n) is 5.19. The fourth-order valence-electron chi connectivity index (χ4n) is 1.58. The largest absolute Gasteiger partial charge is 0.356 e. The lowest BCUT2D eigenvalue weighted by Gasteiger charge is -1.89. The molecule has 0 bridgehead atoms. The molecule has 3 rings (SSSR count). The summed E-state index contributed by atoms with van der Waals surface area (Å²) in [5, 5.41) is 3.94. The molecule has 84 valence electrons.